The van der Waals surface area contributed by atoms with Gasteiger partial charge in [0.25, 0.3) is 5.91 Å². The molecule has 0 aliphatic rings. The Bertz CT molecular complexity index is 704. The molecule has 2 aromatic carbocycles. The van der Waals surface area contributed by atoms with Crippen molar-refractivity contribution in [1.82, 2.24) is 5.48 Å². The Labute approximate surface area is 134 Å². The zero-order chi connectivity index (χ0) is 16.8. The van der Waals surface area contributed by atoms with Crippen molar-refractivity contribution in [3.63, 3.8) is 0 Å². The molecule has 0 radical (unpaired) electrons. The quantitative estimate of drug-likeness (QED) is 0.565. The van der Waals surface area contributed by atoms with Crippen LogP contribution in [0.2, 0.25) is 0 Å². The molecule has 0 bridgehead atoms. The normalized spacial score (nSPS) is 10.4. The molecule has 0 unspecified atom stereocenters. The molecule has 2 rings (SSSR count). The van der Waals surface area contributed by atoms with Gasteiger partial charge in [0.15, 0.2) is 0 Å². The number of aryl methyl sites for hydroxylation is 2. The first kappa shape index (κ1) is 16.9. The van der Waals surface area contributed by atoms with Crippen molar-refractivity contribution in [2.45, 2.75) is 13.8 Å². The number of halogens is 1. The van der Waals surface area contributed by atoms with E-state index in [0.29, 0.717) is 23.5 Å². The molecule has 5 nitrogen and oxygen atoms in total. The topological polar surface area (TPSA) is 76.4 Å². The third kappa shape index (κ3) is 4.51. The summed E-state index contributed by atoms with van der Waals surface area (Å²) in [6.45, 7) is 4.22. The maximum atomic E-state index is 14.0. The number of benzene rings is 2. The summed E-state index contributed by atoms with van der Waals surface area (Å²) in [5.74, 6) is -0.800. The third-order valence-electron chi connectivity index (χ3n) is 3.20. The van der Waals surface area contributed by atoms with Gasteiger partial charge in [-0.25, -0.2) is 9.87 Å². The summed E-state index contributed by atoms with van der Waals surface area (Å²) in [6, 6.07) is 10.1. The highest BCUT2D eigenvalue weighted by Crippen LogP contribution is 2.25. The zero-order valence-electron chi connectivity index (χ0n) is 13.2. The van der Waals surface area contributed by atoms with Crippen LogP contribution in [0, 0.1) is 19.7 Å². The highest BCUT2D eigenvalue weighted by molar-refractivity contribution is 5.99. The highest BCUT2D eigenvalue weighted by atomic mass is 19.1. The van der Waals surface area contributed by atoms with Crippen LogP contribution in [0.4, 0.5) is 15.8 Å². The second-order valence-electron chi connectivity index (χ2n) is 5.23. The number of nitrogens with two attached hydrogens (primary N) is 1. The lowest BCUT2D eigenvalue weighted by atomic mass is 10.1. The van der Waals surface area contributed by atoms with Gasteiger partial charge in [0.05, 0.1) is 23.5 Å². The van der Waals surface area contributed by atoms with Gasteiger partial charge in [0.2, 0.25) is 0 Å². The largest absolute Gasteiger partial charge is 0.352 e. The van der Waals surface area contributed by atoms with Crippen molar-refractivity contribution >= 4 is 17.3 Å². The molecule has 23 heavy (non-hydrogen) atoms. The number of hydrogen-bond donors (Lipinski definition) is 3. The van der Waals surface area contributed by atoms with E-state index in [0.717, 1.165) is 11.1 Å². The fourth-order valence-corrected chi connectivity index (χ4v) is 2.06. The standard InChI is InChI=1S/C17H20FN3O2/c1-11-4-6-15(14(18)9-11)20-16-10-12(2)3-5-13(16)17(22)21-23-8-7-19/h3-6,9-10,20H,7-8,19H2,1-2H3,(H,21,22). The van der Waals surface area contributed by atoms with E-state index in [1.807, 2.05) is 13.8 Å². The molecule has 0 atom stereocenters. The first-order valence-corrected chi connectivity index (χ1v) is 7.27. The first-order valence-electron chi connectivity index (χ1n) is 7.27. The van der Waals surface area contributed by atoms with Gasteiger partial charge >= 0.3 is 0 Å². The van der Waals surface area contributed by atoms with Gasteiger partial charge in [-0.2, -0.15) is 0 Å². The van der Waals surface area contributed by atoms with Gasteiger partial charge < -0.3 is 11.1 Å². The average molecular weight is 317 g/mol. The van der Waals surface area contributed by atoms with E-state index in [1.165, 1.54) is 6.07 Å². The van der Waals surface area contributed by atoms with Crippen molar-refractivity contribution in [2.24, 2.45) is 5.73 Å². The first-order chi connectivity index (χ1) is 11.0. The second kappa shape index (κ2) is 7.71. The Balaban J connectivity index is 2.26. The number of amides is 1. The van der Waals surface area contributed by atoms with Crippen molar-refractivity contribution in [2.75, 3.05) is 18.5 Å². The van der Waals surface area contributed by atoms with Gasteiger partial charge in [-0.3, -0.25) is 9.63 Å². The van der Waals surface area contributed by atoms with E-state index in [1.54, 1.807) is 30.3 Å². The number of nitrogens with one attached hydrogen (secondary N) is 2. The van der Waals surface area contributed by atoms with Crippen LogP contribution in [0.25, 0.3) is 0 Å². The van der Waals surface area contributed by atoms with Crippen LogP contribution >= 0.6 is 0 Å². The summed E-state index contributed by atoms with van der Waals surface area (Å²) >= 11 is 0. The zero-order valence-corrected chi connectivity index (χ0v) is 13.2. The number of hydroxylamine groups is 1. The molecule has 0 saturated carbocycles. The number of rotatable bonds is 6. The number of hydrogen-bond acceptors (Lipinski definition) is 4. The smallest absolute Gasteiger partial charge is 0.276 e. The van der Waals surface area contributed by atoms with E-state index in [-0.39, 0.29) is 12.4 Å². The van der Waals surface area contributed by atoms with E-state index in [9.17, 15) is 9.18 Å². The summed E-state index contributed by atoms with van der Waals surface area (Å²) in [6.07, 6.45) is 0. The fourth-order valence-electron chi connectivity index (χ4n) is 2.06. The summed E-state index contributed by atoms with van der Waals surface area (Å²) in [5, 5.41) is 2.96. The minimum atomic E-state index is -0.423. The van der Waals surface area contributed by atoms with Crippen LogP contribution in [0.1, 0.15) is 21.5 Å². The van der Waals surface area contributed by atoms with Crippen LogP contribution in [0.3, 0.4) is 0 Å². The monoisotopic (exact) mass is 317 g/mol. The van der Waals surface area contributed by atoms with Crippen molar-refractivity contribution in [3.05, 3.63) is 58.9 Å². The molecule has 6 heteroatoms. The van der Waals surface area contributed by atoms with Crippen molar-refractivity contribution < 1.29 is 14.0 Å². The lowest BCUT2D eigenvalue weighted by Gasteiger charge is -2.14. The molecule has 122 valence electrons. The molecule has 0 heterocycles. The minimum absolute atomic E-state index is 0.215. The Kier molecular flexibility index (Phi) is 5.67. The lowest BCUT2D eigenvalue weighted by Crippen LogP contribution is -2.27. The maximum absolute atomic E-state index is 14.0. The predicted octanol–water partition coefficient (Wildman–Crippen LogP) is 2.81. The number of carbonyl (C=O) groups is 1. The second-order valence-corrected chi connectivity index (χ2v) is 5.23. The van der Waals surface area contributed by atoms with E-state index >= 15 is 0 Å². The van der Waals surface area contributed by atoms with Gasteiger partial charge in [0.1, 0.15) is 5.82 Å². The highest BCUT2D eigenvalue weighted by Gasteiger charge is 2.13. The molecule has 2 aromatic rings. The van der Waals surface area contributed by atoms with Gasteiger partial charge in [-0.05, 0) is 49.2 Å². The van der Waals surface area contributed by atoms with Gasteiger partial charge in [0, 0.05) is 6.54 Å². The summed E-state index contributed by atoms with van der Waals surface area (Å²) in [7, 11) is 0. The summed E-state index contributed by atoms with van der Waals surface area (Å²) in [5.41, 5.74) is 10.5. The van der Waals surface area contributed by atoms with Crippen LogP contribution in [0.15, 0.2) is 36.4 Å². The summed E-state index contributed by atoms with van der Waals surface area (Å²) < 4.78 is 14.0. The molecule has 0 aliphatic heterocycles. The molecule has 1 amide bonds. The van der Waals surface area contributed by atoms with Crippen molar-refractivity contribution in [1.29, 1.82) is 0 Å². The lowest BCUT2D eigenvalue weighted by molar-refractivity contribution is 0.0344. The van der Waals surface area contributed by atoms with Crippen LogP contribution in [-0.4, -0.2) is 19.1 Å². The minimum Gasteiger partial charge on any atom is -0.352 e. The average Bonchev–Trinajstić information content (AvgIpc) is 2.50. The molecule has 0 aromatic heterocycles. The van der Waals surface area contributed by atoms with Crippen LogP contribution in [-0.2, 0) is 4.84 Å². The molecule has 0 saturated heterocycles. The number of carbonyl (C=O) groups excluding carboxylic acids is 1. The van der Waals surface area contributed by atoms with E-state index in [2.05, 4.69) is 10.8 Å². The number of anilines is 2. The SMILES string of the molecule is Cc1ccc(Nc2cc(C)ccc2C(=O)NOCCN)c(F)c1. The predicted molar refractivity (Wildman–Crippen MR) is 88.1 cm³/mol. The maximum Gasteiger partial charge on any atom is 0.276 e. The summed E-state index contributed by atoms with van der Waals surface area (Å²) in [4.78, 5) is 17.1. The fraction of sp³-hybridized carbons (Fsp3) is 0.235. The van der Waals surface area contributed by atoms with Crippen LogP contribution < -0.4 is 16.5 Å². The Morgan fingerprint density at radius 1 is 1.13 bits per heavy atom. The Morgan fingerprint density at radius 3 is 2.52 bits per heavy atom. The van der Waals surface area contributed by atoms with Crippen molar-refractivity contribution in [3.8, 4) is 0 Å². The van der Waals surface area contributed by atoms with Gasteiger partial charge in [-0.15, -0.1) is 0 Å². The molecule has 0 aliphatic carbocycles. The molecule has 4 N–H and O–H groups in total. The third-order valence-corrected chi connectivity index (χ3v) is 3.20. The van der Waals surface area contributed by atoms with Gasteiger partial charge in [-0.1, -0.05) is 12.1 Å². The Hall–Kier alpha value is -2.44. The molecule has 0 fully saturated rings. The Morgan fingerprint density at radius 2 is 1.83 bits per heavy atom. The van der Waals surface area contributed by atoms with E-state index in [4.69, 9.17) is 10.6 Å². The van der Waals surface area contributed by atoms with E-state index < -0.39 is 5.91 Å². The molecular weight excluding hydrogens is 297 g/mol. The van der Waals surface area contributed by atoms with Crippen LogP contribution in [0.5, 0.6) is 0 Å². The molecular formula is C17H20FN3O2. The molecule has 0 spiro atoms.